The minimum Gasteiger partial charge on any atom is -0.313 e. The van der Waals surface area contributed by atoms with Crippen LogP contribution in [0.5, 0.6) is 0 Å². The van der Waals surface area contributed by atoms with Crippen LogP contribution in [-0.4, -0.2) is 18.3 Å². The van der Waals surface area contributed by atoms with E-state index >= 15 is 0 Å². The molecular formula is C15H21Cl2NS. The predicted octanol–water partition coefficient (Wildman–Crippen LogP) is 5.25. The Labute approximate surface area is 130 Å². The van der Waals surface area contributed by atoms with Crippen LogP contribution in [0.1, 0.15) is 32.6 Å². The Balaban J connectivity index is 1.91. The molecule has 19 heavy (non-hydrogen) atoms. The molecule has 0 spiro atoms. The van der Waals surface area contributed by atoms with E-state index in [0.29, 0.717) is 16.1 Å². The van der Waals surface area contributed by atoms with Crippen molar-refractivity contribution < 1.29 is 0 Å². The zero-order chi connectivity index (χ0) is 13.7. The van der Waals surface area contributed by atoms with Gasteiger partial charge in [0.25, 0.3) is 0 Å². The Morgan fingerprint density at radius 1 is 1.26 bits per heavy atom. The van der Waals surface area contributed by atoms with E-state index in [-0.39, 0.29) is 0 Å². The van der Waals surface area contributed by atoms with Crippen LogP contribution < -0.4 is 5.32 Å². The summed E-state index contributed by atoms with van der Waals surface area (Å²) in [6.45, 7) is 3.23. The summed E-state index contributed by atoms with van der Waals surface area (Å²) in [5, 5.41) is 4.92. The van der Waals surface area contributed by atoms with Crippen LogP contribution in [0.3, 0.4) is 0 Å². The largest absolute Gasteiger partial charge is 0.313 e. The molecule has 1 fully saturated rings. The number of rotatable bonds is 6. The van der Waals surface area contributed by atoms with Crippen LogP contribution in [0.4, 0.5) is 0 Å². The van der Waals surface area contributed by atoms with Gasteiger partial charge in [0.05, 0.1) is 10.0 Å². The summed E-state index contributed by atoms with van der Waals surface area (Å²) in [6.07, 6.45) is 5.53. The number of benzene rings is 1. The molecule has 0 amide bonds. The number of hydrogen-bond acceptors (Lipinski definition) is 2. The molecule has 0 bridgehead atoms. The molecule has 0 radical (unpaired) electrons. The zero-order valence-corrected chi connectivity index (χ0v) is 13.6. The summed E-state index contributed by atoms with van der Waals surface area (Å²) in [6, 6.07) is 6.51. The minimum absolute atomic E-state index is 0.618. The molecular weight excluding hydrogens is 297 g/mol. The van der Waals surface area contributed by atoms with Crippen molar-refractivity contribution >= 4 is 35.0 Å². The molecule has 0 heterocycles. The lowest BCUT2D eigenvalue weighted by atomic mass is 10.00. The molecule has 4 heteroatoms. The quantitative estimate of drug-likeness (QED) is 0.719. The Kier molecular flexibility index (Phi) is 6.34. The first kappa shape index (κ1) is 15.5. The van der Waals surface area contributed by atoms with Crippen molar-refractivity contribution in [2.24, 2.45) is 5.92 Å². The van der Waals surface area contributed by atoms with E-state index < -0.39 is 0 Å². The third-order valence-corrected chi connectivity index (χ3v) is 5.61. The lowest BCUT2D eigenvalue weighted by molar-refractivity contribution is 0.394. The van der Waals surface area contributed by atoms with E-state index in [2.05, 4.69) is 18.3 Å². The monoisotopic (exact) mass is 317 g/mol. The average Bonchev–Trinajstić information content (AvgIpc) is 2.92. The molecule has 106 valence electrons. The lowest BCUT2D eigenvalue weighted by Gasteiger charge is -2.24. The minimum atomic E-state index is 0.618. The molecule has 0 saturated heterocycles. The SMILES string of the molecule is CCNC(CSc1ccc(Cl)c(Cl)c1)C1CCCC1. The maximum atomic E-state index is 6.06. The van der Waals surface area contributed by atoms with Crippen molar-refractivity contribution in [1.29, 1.82) is 0 Å². The van der Waals surface area contributed by atoms with Crippen molar-refractivity contribution in [2.45, 2.75) is 43.5 Å². The first-order chi connectivity index (χ1) is 9.20. The average molecular weight is 318 g/mol. The molecule has 1 nitrogen and oxygen atoms in total. The van der Waals surface area contributed by atoms with E-state index in [9.17, 15) is 0 Å². The normalized spacial score (nSPS) is 17.8. The fourth-order valence-electron chi connectivity index (χ4n) is 2.74. The van der Waals surface area contributed by atoms with Gasteiger partial charge in [-0.2, -0.15) is 0 Å². The molecule has 1 aliphatic carbocycles. The number of hydrogen-bond donors (Lipinski definition) is 1. The van der Waals surface area contributed by atoms with Gasteiger partial charge in [0, 0.05) is 16.7 Å². The van der Waals surface area contributed by atoms with Gasteiger partial charge in [0.15, 0.2) is 0 Å². The molecule has 1 N–H and O–H groups in total. The summed E-state index contributed by atoms with van der Waals surface area (Å²) in [5.41, 5.74) is 0. The highest BCUT2D eigenvalue weighted by atomic mass is 35.5. The van der Waals surface area contributed by atoms with E-state index in [0.717, 1.165) is 18.2 Å². The van der Waals surface area contributed by atoms with Crippen LogP contribution in [0.2, 0.25) is 10.0 Å². The highest BCUT2D eigenvalue weighted by Gasteiger charge is 2.24. The first-order valence-electron chi connectivity index (χ1n) is 7.02. The fraction of sp³-hybridized carbons (Fsp3) is 0.600. The van der Waals surface area contributed by atoms with Crippen LogP contribution in [-0.2, 0) is 0 Å². The summed E-state index contributed by atoms with van der Waals surface area (Å²) in [7, 11) is 0. The standard InChI is InChI=1S/C15H21Cl2NS/c1-2-18-15(11-5-3-4-6-11)10-19-12-7-8-13(16)14(17)9-12/h7-9,11,15,18H,2-6,10H2,1H3. The molecule has 1 aromatic rings. The van der Waals surface area contributed by atoms with Gasteiger partial charge in [0.2, 0.25) is 0 Å². The maximum Gasteiger partial charge on any atom is 0.0603 e. The van der Waals surface area contributed by atoms with Gasteiger partial charge in [-0.05, 0) is 43.5 Å². The first-order valence-corrected chi connectivity index (χ1v) is 8.76. The molecule has 0 aliphatic heterocycles. The van der Waals surface area contributed by atoms with Crippen LogP contribution in [0, 0.1) is 5.92 Å². The van der Waals surface area contributed by atoms with Crippen molar-refractivity contribution in [1.82, 2.24) is 5.32 Å². The molecule has 1 atom stereocenters. The van der Waals surface area contributed by atoms with Gasteiger partial charge in [-0.3, -0.25) is 0 Å². The Bertz CT molecular complexity index is 405. The highest BCUT2D eigenvalue weighted by molar-refractivity contribution is 7.99. The molecule has 1 aromatic carbocycles. The van der Waals surface area contributed by atoms with E-state index in [1.54, 1.807) is 0 Å². The number of thioether (sulfide) groups is 1. The van der Waals surface area contributed by atoms with Gasteiger partial charge >= 0.3 is 0 Å². The number of halogens is 2. The summed E-state index contributed by atoms with van der Waals surface area (Å²) in [4.78, 5) is 1.20. The molecule has 2 rings (SSSR count). The van der Waals surface area contributed by atoms with Crippen molar-refractivity contribution in [3.8, 4) is 0 Å². The maximum absolute atomic E-state index is 6.06. The van der Waals surface area contributed by atoms with Crippen LogP contribution in [0.25, 0.3) is 0 Å². The highest BCUT2D eigenvalue weighted by Crippen LogP contribution is 2.32. The van der Waals surface area contributed by atoms with E-state index in [1.807, 2.05) is 23.9 Å². The van der Waals surface area contributed by atoms with Crippen molar-refractivity contribution in [3.63, 3.8) is 0 Å². The van der Waals surface area contributed by atoms with E-state index in [1.165, 1.54) is 30.6 Å². The topological polar surface area (TPSA) is 12.0 Å². The second kappa shape index (κ2) is 7.78. The Morgan fingerprint density at radius 2 is 2.00 bits per heavy atom. The van der Waals surface area contributed by atoms with Gasteiger partial charge < -0.3 is 5.32 Å². The van der Waals surface area contributed by atoms with Gasteiger partial charge in [0.1, 0.15) is 0 Å². The van der Waals surface area contributed by atoms with Crippen molar-refractivity contribution in [2.75, 3.05) is 12.3 Å². The van der Waals surface area contributed by atoms with E-state index in [4.69, 9.17) is 23.2 Å². The third-order valence-electron chi connectivity index (χ3n) is 3.76. The fourth-order valence-corrected chi connectivity index (χ4v) is 4.23. The van der Waals surface area contributed by atoms with Crippen LogP contribution >= 0.6 is 35.0 Å². The zero-order valence-electron chi connectivity index (χ0n) is 11.3. The van der Waals surface area contributed by atoms with Gasteiger partial charge in [-0.1, -0.05) is 43.0 Å². The smallest absolute Gasteiger partial charge is 0.0603 e. The summed E-state index contributed by atoms with van der Waals surface area (Å²) in [5.74, 6) is 1.95. The lowest BCUT2D eigenvalue weighted by Crippen LogP contribution is -2.37. The summed E-state index contributed by atoms with van der Waals surface area (Å²) >= 11 is 13.9. The molecule has 0 aromatic heterocycles. The van der Waals surface area contributed by atoms with Crippen LogP contribution in [0.15, 0.2) is 23.1 Å². The molecule has 1 saturated carbocycles. The predicted molar refractivity (Wildman–Crippen MR) is 86.6 cm³/mol. The summed E-state index contributed by atoms with van der Waals surface area (Å²) < 4.78 is 0. The van der Waals surface area contributed by atoms with Crippen molar-refractivity contribution in [3.05, 3.63) is 28.2 Å². The molecule has 1 unspecified atom stereocenters. The second-order valence-corrected chi connectivity index (χ2v) is 7.00. The third kappa shape index (κ3) is 4.56. The second-order valence-electron chi connectivity index (χ2n) is 5.10. The number of nitrogens with one attached hydrogen (secondary N) is 1. The Morgan fingerprint density at radius 3 is 2.63 bits per heavy atom. The Hall–Kier alpha value is 0.110. The molecule has 1 aliphatic rings. The van der Waals surface area contributed by atoms with Gasteiger partial charge in [-0.15, -0.1) is 11.8 Å². The van der Waals surface area contributed by atoms with Gasteiger partial charge in [-0.25, -0.2) is 0 Å².